The Kier molecular flexibility index (Phi) is 5.44. The molecular formula is C17H25NO. The Morgan fingerprint density at radius 2 is 2.05 bits per heavy atom. The van der Waals surface area contributed by atoms with E-state index in [2.05, 4.69) is 30.4 Å². The molecular weight excluding hydrogens is 234 g/mol. The average Bonchev–Trinajstić information content (AvgIpc) is 2.44. The number of carbonyl (C=O) groups is 1. The van der Waals surface area contributed by atoms with Crippen LogP contribution in [0.25, 0.3) is 0 Å². The van der Waals surface area contributed by atoms with Crippen LogP contribution in [0.5, 0.6) is 0 Å². The molecule has 1 aromatic rings. The molecule has 0 atom stereocenters. The molecule has 0 spiro atoms. The van der Waals surface area contributed by atoms with Gasteiger partial charge in [-0.25, -0.2) is 0 Å². The van der Waals surface area contributed by atoms with E-state index >= 15 is 0 Å². The number of hydrogen-bond donors (Lipinski definition) is 1. The minimum Gasteiger partial charge on any atom is -0.352 e. The number of hydrogen-bond acceptors (Lipinski definition) is 1. The van der Waals surface area contributed by atoms with Gasteiger partial charge in [-0.3, -0.25) is 4.79 Å². The van der Waals surface area contributed by atoms with Crippen LogP contribution in [0.2, 0.25) is 0 Å². The SMILES string of the molecule is Cc1cccc(CNC(=O)CCC2CCCCC2)c1. The molecule has 1 aromatic carbocycles. The van der Waals surface area contributed by atoms with Crippen molar-refractivity contribution in [2.75, 3.05) is 0 Å². The molecule has 0 radical (unpaired) electrons. The fraction of sp³-hybridized carbons (Fsp3) is 0.588. The summed E-state index contributed by atoms with van der Waals surface area (Å²) in [7, 11) is 0. The van der Waals surface area contributed by atoms with E-state index in [1.165, 1.54) is 43.2 Å². The summed E-state index contributed by atoms with van der Waals surface area (Å²) in [4.78, 5) is 11.8. The Hall–Kier alpha value is -1.31. The van der Waals surface area contributed by atoms with E-state index in [1.54, 1.807) is 0 Å². The molecule has 1 aliphatic carbocycles. The fourth-order valence-electron chi connectivity index (χ4n) is 2.92. The largest absolute Gasteiger partial charge is 0.352 e. The van der Waals surface area contributed by atoms with E-state index < -0.39 is 0 Å². The highest BCUT2D eigenvalue weighted by atomic mass is 16.1. The molecule has 0 aliphatic heterocycles. The van der Waals surface area contributed by atoms with Crippen molar-refractivity contribution in [1.29, 1.82) is 0 Å². The van der Waals surface area contributed by atoms with E-state index in [1.807, 2.05) is 6.07 Å². The van der Waals surface area contributed by atoms with Crippen LogP contribution in [-0.4, -0.2) is 5.91 Å². The maximum absolute atomic E-state index is 11.8. The van der Waals surface area contributed by atoms with Crippen molar-refractivity contribution in [2.24, 2.45) is 5.92 Å². The molecule has 0 saturated heterocycles. The van der Waals surface area contributed by atoms with Crippen molar-refractivity contribution >= 4 is 5.91 Å². The van der Waals surface area contributed by atoms with Gasteiger partial charge in [-0.15, -0.1) is 0 Å². The van der Waals surface area contributed by atoms with Gasteiger partial charge in [0.2, 0.25) is 5.91 Å². The van der Waals surface area contributed by atoms with E-state index in [0.717, 1.165) is 12.3 Å². The minimum absolute atomic E-state index is 0.201. The summed E-state index contributed by atoms with van der Waals surface area (Å²) < 4.78 is 0. The zero-order chi connectivity index (χ0) is 13.5. The Morgan fingerprint density at radius 1 is 1.26 bits per heavy atom. The Bertz CT molecular complexity index is 407. The maximum atomic E-state index is 11.8. The van der Waals surface area contributed by atoms with Crippen molar-refractivity contribution in [3.8, 4) is 0 Å². The number of amides is 1. The Morgan fingerprint density at radius 3 is 2.79 bits per heavy atom. The standard InChI is InChI=1S/C17H25NO/c1-14-6-5-9-16(12-14)13-18-17(19)11-10-15-7-3-2-4-8-15/h5-6,9,12,15H,2-4,7-8,10-11,13H2,1H3,(H,18,19). The van der Waals surface area contributed by atoms with Gasteiger partial charge in [-0.1, -0.05) is 61.9 Å². The first-order chi connectivity index (χ1) is 9.24. The van der Waals surface area contributed by atoms with Gasteiger partial charge in [-0.2, -0.15) is 0 Å². The van der Waals surface area contributed by atoms with Crippen LogP contribution in [-0.2, 0) is 11.3 Å². The van der Waals surface area contributed by atoms with Gasteiger partial charge in [0.1, 0.15) is 0 Å². The molecule has 0 unspecified atom stereocenters. The molecule has 2 rings (SSSR count). The highest BCUT2D eigenvalue weighted by Crippen LogP contribution is 2.27. The molecule has 0 heterocycles. The summed E-state index contributed by atoms with van der Waals surface area (Å²) in [5.74, 6) is 0.991. The molecule has 19 heavy (non-hydrogen) atoms. The Labute approximate surface area is 116 Å². The van der Waals surface area contributed by atoms with Crippen LogP contribution in [0.4, 0.5) is 0 Å². The van der Waals surface area contributed by atoms with Gasteiger partial charge in [0.25, 0.3) is 0 Å². The lowest BCUT2D eigenvalue weighted by Crippen LogP contribution is -2.23. The third kappa shape index (κ3) is 5.06. The summed E-state index contributed by atoms with van der Waals surface area (Å²) in [6.07, 6.45) is 8.51. The lowest BCUT2D eigenvalue weighted by Gasteiger charge is -2.21. The first kappa shape index (κ1) is 14.1. The van der Waals surface area contributed by atoms with Crippen LogP contribution >= 0.6 is 0 Å². The monoisotopic (exact) mass is 259 g/mol. The zero-order valence-electron chi connectivity index (χ0n) is 12.0. The van der Waals surface area contributed by atoms with E-state index in [0.29, 0.717) is 13.0 Å². The third-order valence-corrected chi connectivity index (χ3v) is 4.08. The van der Waals surface area contributed by atoms with Crippen molar-refractivity contribution < 1.29 is 4.79 Å². The lowest BCUT2D eigenvalue weighted by molar-refractivity contribution is -0.121. The smallest absolute Gasteiger partial charge is 0.220 e. The van der Waals surface area contributed by atoms with Crippen LogP contribution in [0.3, 0.4) is 0 Å². The number of rotatable bonds is 5. The van der Waals surface area contributed by atoms with E-state index in [4.69, 9.17) is 0 Å². The quantitative estimate of drug-likeness (QED) is 0.851. The molecule has 1 fully saturated rings. The number of carbonyl (C=O) groups excluding carboxylic acids is 1. The lowest BCUT2D eigenvalue weighted by atomic mass is 9.86. The molecule has 0 aromatic heterocycles. The second-order valence-electron chi connectivity index (χ2n) is 5.81. The number of nitrogens with one attached hydrogen (secondary N) is 1. The molecule has 0 bridgehead atoms. The van der Waals surface area contributed by atoms with Crippen molar-refractivity contribution in [1.82, 2.24) is 5.32 Å². The van der Waals surface area contributed by atoms with Gasteiger partial charge in [0.15, 0.2) is 0 Å². The van der Waals surface area contributed by atoms with Gasteiger partial charge in [-0.05, 0) is 24.8 Å². The van der Waals surface area contributed by atoms with Gasteiger partial charge in [0, 0.05) is 13.0 Å². The van der Waals surface area contributed by atoms with Crippen molar-refractivity contribution in [3.05, 3.63) is 35.4 Å². The molecule has 1 saturated carbocycles. The molecule has 2 nitrogen and oxygen atoms in total. The highest BCUT2D eigenvalue weighted by Gasteiger charge is 2.14. The van der Waals surface area contributed by atoms with Crippen LogP contribution < -0.4 is 5.32 Å². The molecule has 1 amide bonds. The summed E-state index contributed by atoms with van der Waals surface area (Å²) in [6.45, 7) is 2.74. The summed E-state index contributed by atoms with van der Waals surface area (Å²) in [5, 5.41) is 3.03. The van der Waals surface area contributed by atoms with Crippen molar-refractivity contribution in [3.63, 3.8) is 0 Å². The molecule has 2 heteroatoms. The van der Waals surface area contributed by atoms with Gasteiger partial charge in [0.05, 0.1) is 0 Å². The second-order valence-corrected chi connectivity index (χ2v) is 5.81. The van der Waals surface area contributed by atoms with E-state index in [-0.39, 0.29) is 5.91 Å². The van der Waals surface area contributed by atoms with Gasteiger partial charge < -0.3 is 5.32 Å². The number of benzene rings is 1. The third-order valence-electron chi connectivity index (χ3n) is 4.08. The topological polar surface area (TPSA) is 29.1 Å². The van der Waals surface area contributed by atoms with Gasteiger partial charge >= 0.3 is 0 Å². The molecule has 104 valence electrons. The molecule has 1 N–H and O–H groups in total. The predicted octanol–water partition coefficient (Wildman–Crippen LogP) is 3.97. The minimum atomic E-state index is 0.201. The summed E-state index contributed by atoms with van der Waals surface area (Å²) >= 11 is 0. The van der Waals surface area contributed by atoms with Crippen LogP contribution in [0, 0.1) is 12.8 Å². The number of aryl methyl sites for hydroxylation is 1. The van der Waals surface area contributed by atoms with Crippen molar-refractivity contribution in [2.45, 2.75) is 58.4 Å². The fourth-order valence-corrected chi connectivity index (χ4v) is 2.92. The first-order valence-corrected chi connectivity index (χ1v) is 7.56. The summed E-state index contributed by atoms with van der Waals surface area (Å²) in [6, 6.07) is 8.31. The van der Waals surface area contributed by atoms with Crippen LogP contribution in [0.15, 0.2) is 24.3 Å². The van der Waals surface area contributed by atoms with Crippen LogP contribution in [0.1, 0.15) is 56.1 Å². The maximum Gasteiger partial charge on any atom is 0.220 e. The first-order valence-electron chi connectivity index (χ1n) is 7.56. The normalized spacial score (nSPS) is 16.3. The second kappa shape index (κ2) is 7.32. The molecule has 1 aliphatic rings. The zero-order valence-corrected chi connectivity index (χ0v) is 12.0. The highest BCUT2D eigenvalue weighted by molar-refractivity contribution is 5.75. The average molecular weight is 259 g/mol. The Balaban J connectivity index is 1.66. The predicted molar refractivity (Wildman–Crippen MR) is 78.8 cm³/mol. The summed E-state index contributed by atoms with van der Waals surface area (Å²) in [5.41, 5.74) is 2.43. The van der Waals surface area contributed by atoms with E-state index in [9.17, 15) is 4.79 Å².